The van der Waals surface area contributed by atoms with Crippen molar-refractivity contribution < 1.29 is 19.1 Å². The number of carbonyl (C=O) groups excluding carboxylic acids is 2. The van der Waals surface area contributed by atoms with Crippen LogP contribution in [0.4, 0.5) is 5.69 Å². The van der Waals surface area contributed by atoms with Crippen LogP contribution >= 0.6 is 0 Å². The van der Waals surface area contributed by atoms with Gasteiger partial charge < -0.3 is 19.3 Å². The average molecular weight is 426 g/mol. The van der Waals surface area contributed by atoms with E-state index in [2.05, 4.69) is 9.80 Å². The lowest BCUT2D eigenvalue weighted by atomic mass is 10.1. The number of ketones is 1. The van der Waals surface area contributed by atoms with Gasteiger partial charge in [0.2, 0.25) is 5.91 Å². The van der Waals surface area contributed by atoms with Crippen molar-refractivity contribution >= 4 is 17.4 Å². The molecule has 0 atom stereocenters. The van der Waals surface area contributed by atoms with E-state index in [0.29, 0.717) is 24.6 Å². The minimum absolute atomic E-state index is 0.0733. The molecule has 2 aromatic rings. The SMILES string of the molecule is COc1cccc(CN(C)C(=O)CN2CCN(c3ccc(C(C)=O)cc3)CC2)c1OC. The monoisotopic (exact) mass is 425 g/mol. The molecule has 0 spiro atoms. The fourth-order valence-electron chi connectivity index (χ4n) is 3.81. The van der Waals surface area contributed by atoms with Crippen molar-refractivity contribution in [3.8, 4) is 11.5 Å². The Bertz CT molecular complexity index is 906. The Labute approximate surface area is 184 Å². The average Bonchev–Trinajstić information content (AvgIpc) is 2.79. The summed E-state index contributed by atoms with van der Waals surface area (Å²) in [7, 11) is 5.03. The molecule has 0 unspecified atom stereocenters. The predicted molar refractivity (Wildman–Crippen MR) is 121 cm³/mol. The fraction of sp³-hybridized carbons (Fsp3) is 0.417. The molecule has 7 nitrogen and oxygen atoms in total. The Balaban J connectivity index is 1.52. The van der Waals surface area contributed by atoms with Crippen LogP contribution in [-0.2, 0) is 11.3 Å². The van der Waals surface area contributed by atoms with E-state index in [9.17, 15) is 9.59 Å². The quantitative estimate of drug-likeness (QED) is 0.606. The summed E-state index contributed by atoms with van der Waals surface area (Å²) in [5.74, 6) is 1.47. The molecule has 1 heterocycles. The van der Waals surface area contributed by atoms with E-state index in [1.165, 1.54) is 0 Å². The molecule has 1 saturated heterocycles. The van der Waals surface area contributed by atoms with E-state index in [0.717, 1.165) is 43.0 Å². The van der Waals surface area contributed by atoms with Crippen LogP contribution < -0.4 is 14.4 Å². The van der Waals surface area contributed by atoms with Gasteiger partial charge in [0, 0.05) is 56.6 Å². The lowest BCUT2D eigenvalue weighted by Crippen LogP contribution is -2.49. The first kappa shape index (κ1) is 22.6. The molecule has 31 heavy (non-hydrogen) atoms. The van der Waals surface area contributed by atoms with Crippen LogP contribution in [0.15, 0.2) is 42.5 Å². The van der Waals surface area contributed by atoms with Gasteiger partial charge in [-0.1, -0.05) is 12.1 Å². The number of carbonyl (C=O) groups is 2. The number of ether oxygens (including phenoxy) is 2. The molecule has 0 aromatic heterocycles. The van der Waals surface area contributed by atoms with E-state index in [1.807, 2.05) is 49.5 Å². The summed E-state index contributed by atoms with van der Waals surface area (Å²) < 4.78 is 10.8. The zero-order chi connectivity index (χ0) is 22.4. The van der Waals surface area contributed by atoms with E-state index < -0.39 is 0 Å². The zero-order valence-electron chi connectivity index (χ0n) is 18.8. The molecule has 0 N–H and O–H groups in total. The maximum absolute atomic E-state index is 12.8. The number of benzene rings is 2. The first-order valence-electron chi connectivity index (χ1n) is 10.4. The van der Waals surface area contributed by atoms with Crippen LogP contribution in [0.3, 0.4) is 0 Å². The second kappa shape index (κ2) is 10.3. The molecule has 0 saturated carbocycles. The van der Waals surface area contributed by atoms with Gasteiger partial charge in [0.25, 0.3) is 0 Å². The molecular weight excluding hydrogens is 394 g/mol. The molecule has 0 radical (unpaired) electrons. The van der Waals surface area contributed by atoms with E-state index in [4.69, 9.17) is 9.47 Å². The normalized spacial score (nSPS) is 14.3. The van der Waals surface area contributed by atoms with Gasteiger partial charge in [-0.3, -0.25) is 14.5 Å². The zero-order valence-corrected chi connectivity index (χ0v) is 18.8. The third-order valence-corrected chi connectivity index (χ3v) is 5.69. The topological polar surface area (TPSA) is 62.3 Å². The molecule has 0 bridgehead atoms. The molecule has 2 aromatic carbocycles. The number of anilines is 1. The number of piperazine rings is 1. The molecule has 0 aliphatic carbocycles. The van der Waals surface area contributed by atoms with E-state index >= 15 is 0 Å². The van der Waals surface area contributed by atoms with Crippen molar-refractivity contribution in [3.63, 3.8) is 0 Å². The third-order valence-electron chi connectivity index (χ3n) is 5.69. The lowest BCUT2D eigenvalue weighted by molar-refractivity contribution is -0.131. The molecule has 1 amide bonds. The highest BCUT2D eigenvalue weighted by Crippen LogP contribution is 2.31. The molecular formula is C24H31N3O4. The summed E-state index contributed by atoms with van der Waals surface area (Å²) >= 11 is 0. The third kappa shape index (κ3) is 5.55. The fourth-order valence-corrected chi connectivity index (χ4v) is 3.81. The first-order valence-corrected chi connectivity index (χ1v) is 10.4. The van der Waals surface area contributed by atoms with Crippen LogP contribution in [0.25, 0.3) is 0 Å². The lowest BCUT2D eigenvalue weighted by Gasteiger charge is -2.36. The highest BCUT2D eigenvalue weighted by atomic mass is 16.5. The summed E-state index contributed by atoms with van der Waals surface area (Å²) in [6.07, 6.45) is 0. The summed E-state index contributed by atoms with van der Waals surface area (Å²) in [4.78, 5) is 30.4. The maximum Gasteiger partial charge on any atom is 0.236 e. The van der Waals surface area contributed by atoms with Crippen LogP contribution in [0, 0.1) is 0 Å². The Morgan fingerprint density at radius 3 is 2.23 bits per heavy atom. The number of Topliss-reactive ketones (excluding diaryl/α,β-unsaturated/α-hetero) is 1. The van der Waals surface area contributed by atoms with Crippen LogP contribution in [0.2, 0.25) is 0 Å². The second-order valence-corrected chi connectivity index (χ2v) is 7.77. The minimum atomic E-state index is 0.0733. The minimum Gasteiger partial charge on any atom is -0.493 e. The molecule has 3 rings (SSSR count). The number of hydrogen-bond donors (Lipinski definition) is 0. The summed E-state index contributed by atoms with van der Waals surface area (Å²) in [6.45, 7) is 5.75. The van der Waals surface area contributed by atoms with E-state index in [1.54, 1.807) is 26.0 Å². The second-order valence-electron chi connectivity index (χ2n) is 7.77. The van der Waals surface area contributed by atoms with Crippen LogP contribution in [-0.4, -0.2) is 75.5 Å². The van der Waals surface area contributed by atoms with Crippen molar-refractivity contribution in [2.45, 2.75) is 13.5 Å². The van der Waals surface area contributed by atoms with Gasteiger partial charge >= 0.3 is 0 Å². The summed E-state index contributed by atoms with van der Waals surface area (Å²) in [6, 6.07) is 13.4. The van der Waals surface area contributed by atoms with Gasteiger partial charge in [-0.25, -0.2) is 0 Å². The van der Waals surface area contributed by atoms with Gasteiger partial charge in [-0.2, -0.15) is 0 Å². The number of nitrogens with zero attached hydrogens (tertiary/aromatic N) is 3. The Morgan fingerprint density at radius 2 is 1.65 bits per heavy atom. The Morgan fingerprint density at radius 1 is 0.968 bits per heavy atom. The number of methoxy groups -OCH3 is 2. The largest absolute Gasteiger partial charge is 0.493 e. The van der Waals surface area contributed by atoms with Crippen LogP contribution in [0.5, 0.6) is 11.5 Å². The molecule has 1 fully saturated rings. The number of amides is 1. The molecule has 7 heteroatoms. The van der Waals surface area contributed by atoms with Crippen molar-refractivity contribution in [2.75, 3.05) is 58.9 Å². The number of rotatable bonds is 8. The number of para-hydroxylation sites is 1. The highest BCUT2D eigenvalue weighted by Gasteiger charge is 2.22. The molecule has 1 aliphatic rings. The van der Waals surface area contributed by atoms with Gasteiger partial charge in [-0.15, -0.1) is 0 Å². The van der Waals surface area contributed by atoms with Crippen molar-refractivity contribution in [1.29, 1.82) is 0 Å². The van der Waals surface area contributed by atoms with Gasteiger partial charge in [-0.05, 0) is 37.3 Å². The Kier molecular flexibility index (Phi) is 7.52. The standard InChI is InChI=1S/C24H31N3O4/c1-18(28)19-8-10-21(11-9-19)27-14-12-26(13-15-27)17-23(29)25(2)16-20-6-5-7-22(30-3)24(20)31-4/h5-11H,12-17H2,1-4H3. The van der Waals surface area contributed by atoms with Crippen molar-refractivity contribution in [1.82, 2.24) is 9.80 Å². The first-order chi connectivity index (χ1) is 14.9. The summed E-state index contributed by atoms with van der Waals surface area (Å²) in [5, 5.41) is 0. The molecule has 166 valence electrons. The predicted octanol–water partition coefficient (Wildman–Crippen LogP) is 2.69. The molecule has 1 aliphatic heterocycles. The van der Waals surface area contributed by atoms with Crippen molar-refractivity contribution in [2.24, 2.45) is 0 Å². The van der Waals surface area contributed by atoms with Gasteiger partial charge in [0.15, 0.2) is 17.3 Å². The highest BCUT2D eigenvalue weighted by molar-refractivity contribution is 5.94. The van der Waals surface area contributed by atoms with Gasteiger partial charge in [0.1, 0.15) is 0 Å². The number of hydrogen-bond acceptors (Lipinski definition) is 6. The van der Waals surface area contributed by atoms with Crippen molar-refractivity contribution in [3.05, 3.63) is 53.6 Å². The summed E-state index contributed by atoms with van der Waals surface area (Å²) in [5.41, 5.74) is 2.75. The Hall–Kier alpha value is -3.06. The van der Waals surface area contributed by atoms with Crippen LogP contribution in [0.1, 0.15) is 22.8 Å². The van der Waals surface area contributed by atoms with E-state index in [-0.39, 0.29) is 11.7 Å². The number of likely N-dealkylation sites (N-methyl/N-ethyl adjacent to an activating group) is 1. The van der Waals surface area contributed by atoms with Gasteiger partial charge in [0.05, 0.1) is 20.8 Å². The maximum atomic E-state index is 12.8. The smallest absolute Gasteiger partial charge is 0.236 e.